The summed E-state index contributed by atoms with van der Waals surface area (Å²) in [6.45, 7) is 8.03. The van der Waals surface area contributed by atoms with E-state index >= 15 is 0 Å². The Hall–Kier alpha value is -1.35. The van der Waals surface area contributed by atoms with E-state index in [1.54, 1.807) is 0 Å². The molecule has 0 aliphatic carbocycles. The van der Waals surface area contributed by atoms with Crippen molar-refractivity contribution in [2.24, 2.45) is 4.99 Å². The molecule has 7 heteroatoms. The maximum Gasteiger partial charge on any atom is 0.191 e. The van der Waals surface area contributed by atoms with Gasteiger partial charge < -0.3 is 20.4 Å². The number of guanidine groups is 1. The number of rotatable bonds is 10. The summed E-state index contributed by atoms with van der Waals surface area (Å²) in [7, 11) is 0. The number of hydrogen-bond acceptors (Lipinski definition) is 2. The minimum Gasteiger partial charge on any atom is -0.382 e. The second-order valence-electron chi connectivity index (χ2n) is 5.85. The standard InChI is InChI=1S/C19H29FN4O.HI/c1-3-21-19(22-10-5-6-12-25-4-2)23-11-9-15-14-24-18-13-16(20)7-8-17(15)18;/h7-8,13-14,24H,3-6,9-12H2,1-2H3,(H2,21,22,23);1H. The lowest BCUT2D eigenvalue weighted by molar-refractivity contribution is 0.144. The third-order valence-electron chi connectivity index (χ3n) is 3.93. The van der Waals surface area contributed by atoms with Gasteiger partial charge in [0.1, 0.15) is 5.82 Å². The van der Waals surface area contributed by atoms with Crippen molar-refractivity contribution in [1.29, 1.82) is 0 Å². The number of aliphatic imine (C=N–C) groups is 1. The number of H-pyrrole nitrogens is 1. The largest absolute Gasteiger partial charge is 0.382 e. The topological polar surface area (TPSA) is 61.4 Å². The maximum atomic E-state index is 13.2. The molecule has 2 rings (SSSR count). The van der Waals surface area contributed by atoms with Crippen LogP contribution in [0.25, 0.3) is 10.9 Å². The number of ether oxygens (including phenoxy) is 1. The Morgan fingerprint density at radius 1 is 1.23 bits per heavy atom. The van der Waals surface area contributed by atoms with Crippen molar-refractivity contribution in [1.82, 2.24) is 15.6 Å². The van der Waals surface area contributed by atoms with E-state index in [2.05, 4.69) is 27.5 Å². The van der Waals surface area contributed by atoms with Crippen LogP contribution in [0.2, 0.25) is 0 Å². The molecule has 0 radical (unpaired) electrons. The average Bonchev–Trinajstić information content (AvgIpc) is 3.00. The Balaban J connectivity index is 0.00000338. The van der Waals surface area contributed by atoms with Gasteiger partial charge in [0, 0.05) is 49.9 Å². The second kappa shape index (κ2) is 12.9. The summed E-state index contributed by atoms with van der Waals surface area (Å²) in [6.07, 6.45) is 4.84. The Morgan fingerprint density at radius 2 is 2.08 bits per heavy atom. The van der Waals surface area contributed by atoms with Crippen LogP contribution in [0.3, 0.4) is 0 Å². The molecule has 0 amide bonds. The molecule has 0 atom stereocenters. The molecule has 0 fully saturated rings. The van der Waals surface area contributed by atoms with Gasteiger partial charge in [0.15, 0.2) is 5.96 Å². The first-order valence-corrected chi connectivity index (χ1v) is 9.10. The Kier molecular flexibility index (Phi) is 11.3. The maximum absolute atomic E-state index is 13.2. The molecule has 0 spiro atoms. The fourth-order valence-corrected chi connectivity index (χ4v) is 2.67. The molecule has 2 aromatic rings. The lowest BCUT2D eigenvalue weighted by Gasteiger charge is -2.11. The highest BCUT2D eigenvalue weighted by Gasteiger charge is 2.05. The summed E-state index contributed by atoms with van der Waals surface area (Å²) >= 11 is 0. The number of hydrogen-bond donors (Lipinski definition) is 3. The quantitative estimate of drug-likeness (QED) is 0.211. The smallest absolute Gasteiger partial charge is 0.191 e. The number of fused-ring (bicyclic) bond motifs is 1. The molecule has 0 bridgehead atoms. The first kappa shape index (κ1) is 22.7. The Labute approximate surface area is 172 Å². The lowest BCUT2D eigenvalue weighted by atomic mass is 10.1. The van der Waals surface area contributed by atoms with Crippen molar-refractivity contribution in [2.75, 3.05) is 32.8 Å². The van der Waals surface area contributed by atoms with E-state index in [9.17, 15) is 4.39 Å². The third kappa shape index (κ3) is 7.49. The van der Waals surface area contributed by atoms with Crippen molar-refractivity contribution in [3.8, 4) is 0 Å². The van der Waals surface area contributed by atoms with Crippen molar-refractivity contribution in [3.63, 3.8) is 0 Å². The number of aromatic nitrogens is 1. The van der Waals surface area contributed by atoms with E-state index in [1.807, 2.05) is 19.2 Å². The van der Waals surface area contributed by atoms with E-state index in [1.165, 1.54) is 17.7 Å². The molecule has 0 aliphatic heterocycles. The molecular formula is C19H30FIN4O. The predicted molar refractivity (Wildman–Crippen MR) is 117 cm³/mol. The first-order valence-electron chi connectivity index (χ1n) is 9.10. The minimum absolute atomic E-state index is 0. The highest BCUT2D eigenvalue weighted by molar-refractivity contribution is 14.0. The normalized spacial score (nSPS) is 11.4. The fraction of sp³-hybridized carbons (Fsp3) is 0.526. The van der Waals surface area contributed by atoms with Crippen molar-refractivity contribution >= 4 is 40.8 Å². The second-order valence-corrected chi connectivity index (χ2v) is 5.85. The van der Waals surface area contributed by atoms with Crippen molar-refractivity contribution in [3.05, 3.63) is 35.8 Å². The van der Waals surface area contributed by atoms with Crippen LogP contribution in [-0.4, -0.2) is 43.8 Å². The molecule has 0 saturated heterocycles. The van der Waals surface area contributed by atoms with Crippen LogP contribution in [-0.2, 0) is 11.2 Å². The Bertz CT molecular complexity index is 675. The van der Waals surface area contributed by atoms with Crippen LogP contribution < -0.4 is 10.6 Å². The summed E-state index contributed by atoms with van der Waals surface area (Å²) < 4.78 is 18.6. The number of nitrogens with zero attached hydrogens (tertiary/aromatic N) is 1. The van der Waals surface area contributed by atoms with E-state index in [0.717, 1.165) is 69.0 Å². The molecule has 1 aromatic carbocycles. The van der Waals surface area contributed by atoms with Gasteiger partial charge in [0.25, 0.3) is 0 Å². The zero-order valence-electron chi connectivity index (χ0n) is 15.6. The van der Waals surface area contributed by atoms with E-state index in [0.29, 0.717) is 0 Å². The molecule has 3 N–H and O–H groups in total. The van der Waals surface area contributed by atoms with Crippen LogP contribution in [0.15, 0.2) is 29.4 Å². The molecule has 0 aliphatic rings. The van der Waals surface area contributed by atoms with Crippen molar-refractivity contribution < 1.29 is 9.13 Å². The minimum atomic E-state index is -0.218. The van der Waals surface area contributed by atoms with Crippen LogP contribution in [0.1, 0.15) is 32.3 Å². The van der Waals surface area contributed by atoms with Crippen LogP contribution in [0, 0.1) is 5.82 Å². The van der Waals surface area contributed by atoms with Gasteiger partial charge >= 0.3 is 0 Å². The van der Waals surface area contributed by atoms with Gasteiger partial charge in [-0.1, -0.05) is 0 Å². The van der Waals surface area contributed by atoms with E-state index in [-0.39, 0.29) is 29.8 Å². The molecular weight excluding hydrogens is 446 g/mol. The molecule has 0 saturated carbocycles. The van der Waals surface area contributed by atoms with Gasteiger partial charge in [-0.2, -0.15) is 0 Å². The van der Waals surface area contributed by atoms with Gasteiger partial charge in [-0.25, -0.2) is 4.39 Å². The molecule has 26 heavy (non-hydrogen) atoms. The van der Waals surface area contributed by atoms with Gasteiger partial charge in [-0.3, -0.25) is 4.99 Å². The zero-order valence-corrected chi connectivity index (χ0v) is 17.9. The average molecular weight is 476 g/mol. The van der Waals surface area contributed by atoms with E-state index < -0.39 is 0 Å². The van der Waals surface area contributed by atoms with Crippen LogP contribution >= 0.6 is 24.0 Å². The highest BCUT2D eigenvalue weighted by atomic mass is 127. The number of aromatic amines is 1. The first-order chi connectivity index (χ1) is 12.2. The molecule has 1 heterocycles. The summed E-state index contributed by atoms with van der Waals surface area (Å²) in [5.74, 6) is 0.620. The zero-order chi connectivity index (χ0) is 17.9. The molecule has 146 valence electrons. The van der Waals surface area contributed by atoms with Crippen LogP contribution in [0.5, 0.6) is 0 Å². The van der Waals surface area contributed by atoms with Crippen molar-refractivity contribution in [2.45, 2.75) is 33.1 Å². The van der Waals surface area contributed by atoms with E-state index in [4.69, 9.17) is 4.74 Å². The molecule has 1 aromatic heterocycles. The Morgan fingerprint density at radius 3 is 2.85 bits per heavy atom. The van der Waals surface area contributed by atoms with Gasteiger partial charge in [0.2, 0.25) is 0 Å². The summed E-state index contributed by atoms with van der Waals surface area (Å²) in [6, 6.07) is 4.86. The SMILES string of the molecule is CCNC(=NCCCCOCC)NCCc1c[nH]c2cc(F)ccc12.I. The monoisotopic (exact) mass is 476 g/mol. The highest BCUT2D eigenvalue weighted by Crippen LogP contribution is 2.19. The number of unbranched alkanes of at least 4 members (excludes halogenated alkanes) is 1. The number of benzene rings is 1. The third-order valence-corrected chi connectivity index (χ3v) is 3.93. The van der Waals surface area contributed by atoms with Crippen LogP contribution in [0.4, 0.5) is 4.39 Å². The summed E-state index contributed by atoms with van der Waals surface area (Å²) in [5.41, 5.74) is 2.01. The fourth-order valence-electron chi connectivity index (χ4n) is 2.67. The van der Waals surface area contributed by atoms with Gasteiger partial charge in [-0.05, 0) is 56.9 Å². The number of halogens is 2. The molecule has 5 nitrogen and oxygen atoms in total. The summed E-state index contributed by atoms with van der Waals surface area (Å²) in [5, 5.41) is 7.69. The molecule has 0 unspecified atom stereocenters. The lowest BCUT2D eigenvalue weighted by Crippen LogP contribution is -2.38. The predicted octanol–water partition coefficient (Wildman–Crippen LogP) is 3.84. The van der Waals surface area contributed by atoms with Gasteiger partial charge in [-0.15, -0.1) is 24.0 Å². The number of nitrogens with one attached hydrogen (secondary N) is 3. The van der Waals surface area contributed by atoms with Gasteiger partial charge in [0.05, 0.1) is 0 Å². The summed E-state index contributed by atoms with van der Waals surface area (Å²) in [4.78, 5) is 7.71.